The fraction of sp³-hybridized carbons (Fsp3) is 0.500. The lowest BCUT2D eigenvalue weighted by molar-refractivity contribution is -0.124. The molecule has 1 amide bonds. The average molecular weight is 283 g/mol. The van der Waals surface area contributed by atoms with Crippen LogP contribution in [-0.4, -0.2) is 24.6 Å². The van der Waals surface area contributed by atoms with Gasteiger partial charge in [0.05, 0.1) is 11.6 Å². The summed E-state index contributed by atoms with van der Waals surface area (Å²) >= 11 is 5.86. The van der Waals surface area contributed by atoms with Gasteiger partial charge in [0.15, 0.2) is 0 Å². The highest BCUT2D eigenvalue weighted by Crippen LogP contribution is 2.33. The largest absolute Gasteiger partial charge is 0.375 e. The fourth-order valence-corrected chi connectivity index (χ4v) is 2.20. The molecule has 0 bridgehead atoms. The number of rotatable bonds is 5. The Morgan fingerprint density at radius 1 is 1.42 bits per heavy atom. The quantitative estimate of drug-likeness (QED) is 0.868. The van der Waals surface area contributed by atoms with Crippen molar-refractivity contribution in [3.05, 3.63) is 34.9 Å². The van der Waals surface area contributed by atoms with E-state index < -0.39 is 5.54 Å². The monoisotopic (exact) mass is 282 g/mol. The van der Waals surface area contributed by atoms with Crippen LogP contribution < -0.4 is 11.1 Å². The number of amides is 1. The predicted octanol–water partition coefficient (Wildman–Crippen LogP) is 2.02. The molecule has 1 aliphatic rings. The first kappa shape index (κ1) is 14.3. The number of carbonyl (C=O) groups is 1. The third-order valence-electron chi connectivity index (χ3n) is 3.51. The number of nitrogens with two attached hydrogens (primary N) is 1. The Balaban J connectivity index is 2.04. The van der Waals surface area contributed by atoms with Crippen LogP contribution in [0, 0.1) is 0 Å². The van der Waals surface area contributed by atoms with E-state index in [9.17, 15) is 4.79 Å². The summed E-state index contributed by atoms with van der Waals surface area (Å²) in [5.41, 5.74) is 6.18. The summed E-state index contributed by atoms with van der Waals surface area (Å²) in [5, 5.41) is 3.60. The number of hydrogen-bond donors (Lipinski definition) is 2. The third-order valence-corrected chi connectivity index (χ3v) is 3.76. The summed E-state index contributed by atoms with van der Waals surface area (Å²) in [5.74, 6) is -0.101. The van der Waals surface area contributed by atoms with Crippen LogP contribution in [0.25, 0.3) is 0 Å². The van der Waals surface area contributed by atoms with Gasteiger partial charge in [-0.2, -0.15) is 0 Å². The van der Waals surface area contributed by atoms with E-state index in [2.05, 4.69) is 5.32 Å². The van der Waals surface area contributed by atoms with Gasteiger partial charge in [0, 0.05) is 12.1 Å². The number of hydrogen-bond acceptors (Lipinski definition) is 3. The van der Waals surface area contributed by atoms with Crippen molar-refractivity contribution in [3.8, 4) is 0 Å². The van der Waals surface area contributed by atoms with Crippen LogP contribution in [0.2, 0.25) is 5.02 Å². The van der Waals surface area contributed by atoms with Gasteiger partial charge in [0.2, 0.25) is 5.91 Å². The summed E-state index contributed by atoms with van der Waals surface area (Å²) in [4.78, 5) is 11.9. The van der Waals surface area contributed by atoms with Gasteiger partial charge in [-0.25, -0.2) is 0 Å². The third kappa shape index (κ3) is 3.26. The molecule has 2 atom stereocenters. The second-order valence-corrected chi connectivity index (χ2v) is 5.56. The van der Waals surface area contributed by atoms with Gasteiger partial charge >= 0.3 is 0 Å². The van der Waals surface area contributed by atoms with Crippen molar-refractivity contribution >= 4 is 17.5 Å². The highest BCUT2D eigenvalue weighted by Gasteiger charge is 2.46. The van der Waals surface area contributed by atoms with E-state index in [1.807, 2.05) is 31.2 Å². The second-order valence-electron chi connectivity index (χ2n) is 5.13. The summed E-state index contributed by atoms with van der Waals surface area (Å²) in [7, 11) is 1.62. The normalized spacial score (nSPS) is 19.6. The SMILES string of the molecule is COC(c1ccc(Cl)cc1)C(C)NC(=O)C1(N)CC1. The van der Waals surface area contributed by atoms with Gasteiger partial charge in [0.1, 0.15) is 6.10 Å². The lowest BCUT2D eigenvalue weighted by atomic mass is 10.0. The van der Waals surface area contributed by atoms with Crippen LogP contribution in [0.4, 0.5) is 0 Å². The van der Waals surface area contributed by atoms with Crippen LogP contribution in [0.5, 0.6) is 0 Å². The minimum absolute atomic E-state index is 0.101. The molecule has 3 N–H and O–H groups in total. The van der Waals surface area contributed by atoms with E-state index in [4.69, 9.17) is 22.1 Å². The van der Waals surface area contributed by atoms with Crippen LogP contribution in [-0.2, 0) is 9.53 Å². The van der Waals surface area contributed by atoms with Crippen molar-refractivity contribution in [1.82, 2.24) is 5.32 Å². The first-order valence-corrected chi connectivity index (χ1v) is 6.72. The summed E-state index contributed by atoms with van der Waals surface area (Å²) in [6.45, 7) is 1.91. The smallest absolute Gasteiger partial charge is 0.240 e. The minimum Gasteiger partial charge on any atom is -0.375 e. The number of halogens is 1. The van der Waals surface area contributed by atoms with E-state index in [1.54, 1.807) is 7.11 Å². The molecule has 1 saturated carbocycles. The zero-order valence-corrected chi connectivity index (χ0v) is 11.9. The highest BCUT2D eigenvalue weighted by atomic mass is 35.5. The van der Waals surface area contributed by atoms with Gasteiger partial charge in [-0.3, -0.25) is 4.79 Å². The Kier molecular flexibility index (Phi) is 4.13. The number of ether oxygens (including phenoxy) is 1. The lowest BCUT2D eigenvalue weighted by Gasteiger charge is -2.25. The molecule has 1 fully saturated rings. The molecule has 0 aliphatic heterocycles. The molecular weight excluding hydrogens is 264 g/mol. The molecule has 1 aromatic rings. The zero-order chi connectivity index (χ0) is 14.0. The van der Waals surface area contributed by atoms with Crippen LogP contribution in [0.3, 0.4) is 0 Å². The number of nitrogens with one attached hydrogen (secondary N) is 1. The first-order chi connectivity index (χ1) is 8.96. The molecule has 0 heterocycles. The molecule has 1 aromatic carbocycles. The Hall–Kier alpha value is -1.10. The van der Waals surface area contributed by atoms with Crippen molar-refractivity contribution in [1.29, 1.82) is 0 Å². The Morgan fingerprint density at radius 3 is 2.47 bits per heavy atom. The maximum atomic E-state index is 11.9. The fourth-order valence-electron chi connectivity index (χ4n) is 2.07. The predicted molar refractivity (Wildman–Crippen MR) is 75.0 cm³/mol. The van der Waals surface area contributed by atoms with Crippen LogP contribution in [0.1, 0.15) is 31.4 Å². The van der Waals surface area contributed by atoms with Crippen molar-refractivity contribution in [2.24, 2.45) is 5.73 Å². The molecule has 2 unspecified atom stereocenters. The molecule has 5 heteroatoms. The van der Waals surface area contributed by atoms with Gasteiger partial charge in [0.25, 0.3) is 0 Å². The van der Waals surface area contributed by atoms with E-state index in [0.29, 0.717) is 5.02 Å². The Morgan fingerprint density at radius 2 is 2.00 bits per heavy atom. The van der Waals surface area contributed by atoms with Crippen molar-refractivity contribution < 1.29 is 9.53 Å². The van der Waals surface area contributed by atoms with E-state index >= 15 is 0 Å². The van der Waals surface area contributed by atoms with Gasteiger partial charge < -0.3 is 15.8 Å². The number of benzene rings is 1. The summed E-state index contributed by atoms with van der Waals surface area (Å²) in [6, 6.07) is 7.26. The molecule has 2 rings (SSSR count). The molecule has 0 aromatic heterocycles. The van der Waals surface area contributed by atoms with Gasteiger partial charge in [-0.05, 0) is 37.5 Å². The molecule has 1 aliphatic carbocycles. The summed E-state index contributed by atoms with van der Waals surface area (Å²) in [6.07, 6.45) is 1.29. The molecule has 0 saturated heterocycles. The van der Waals surface area contributed by atoms with Crippen LogP contribution >= 0.6 is 11.6 Å². The lowest BCUT2D eigenvalue weighted by Crippen LogP contribution is -2.48. The minimum atomic E-state index is -0.660. The molecule has 19 heavy (non-hydrogen) atoms. The first-order valence-electron chi connectivity index (χ1n) is 6.34. The highest BCUT2D eigenvalue weighted by molar-refractivity contribution is 6.30. The second kappa shape index (κ2) is 5.49. The molecule has 4 nitrogen and oxygen atoms in total. The van der Waals surface area contributed by atoms with Gasteiger partial charge in [-0.1, -0.05) is 23.7 Å². The van der Waals surface area contributed by atoms with Crippen LogP contribution in [0.15, 0.2) is 24.3 Å². The maximum absolute atomic E-state index is 11.9. The Labute approximate surface area is 118 Å². The molecule has 104 valence electrons. The molecule has 0 radical (unpaired) electrons. The maximum Gasteiger partial charge on any atom is 0.240 e. The molecule has 0 spiro atoms. The topological polar surface area (TPSA) is 64.3 Å². The van der Waals surface area contributed by atoms with E-state index in [1.165, 1.54) is 0 Å². The zero-order valence-electron chi connectivity index (χ0n) is 11.2. The van der Waals surface area contributed by atoms with E-state index in [-0.39, 0.29) is 18.1 Å². The van der Waals surface area contributed by atoms with Gasteiger partial charge in [-0.15, -0.1) is 0 Å². The van der Waals surface area contributed by atoms with Crippen molar-refractivity contribution in [3.63, 3.8) is 0 Å². The number of carbonyl (C=O) groups excluding carboxylic acids is 1. The summed E-state index contributed by atoms with van der Waals surface area (Å²) < 4.78 is 5.47. The van der Waals surface area contributed by atoms with Crippen molar-refractivity contribution in [2.75, 3.05) is 7.11 Å². The Bertz CT molecular complexity index is 457. The van der Waals surface area contributed by atoms with E-state index in [0.717, 1.165) is 18.4 Å². The average Bonchev–Trinajstić information content (AvgIpc) is 3.12. The number of methoxy groups -OCH3 is 1. The standard InChI is InChI=1S/C14H19ClN2O2/c1-9(17-13(18)14(16)7-8-14)12(19-2)10-3-5-11(15)6-4-10/h3-6,9,12H,7-8,16H2,1-2H3,(H,17,18). The van der Waals surface area contributed by atoms with Crippen molar-refractivity contribution in [2.45, 2.75) is 37.5 Å². The molecular formula is C14H19ClN2O2.